The smallest absolute Gasteiger partial charge is 0.270 e. The van der Waals surface area contributed by atoms with E-state index < -0.39 is 11.5 Å². The fourth-order valence-corrected chi connectivity index (χ4v) is 2.24. The van der Waals surface area contributed by atoms with Gasteiger partial charge in [-0.05, 0) is 30.7 Å². The third-order valence-corrected chi connectivity index (χ3v) is 3.42. The van der Waals surface area contributed by atoms with Crippen LogP contribution in [0.1, 0.15) is 15.9 Å². The molecule has 0 aliphatic rings. The standard InChI is InChI=1S/C17H15N3O3/c1-11-6-7-15-18-9-14(17(22)20(15)10-11)16(21)19-12-4-3-5-13(8-12)23-2/h3-10H,1-2H3,(H,19,21). The van der Waals surface area contributed by atoms with Crippen molar-refractivity contribution < 1.29 is 9.53 Å². The van der Waals surface area contributed by atoms with Crippen LogP contribution in [0, 0.1) is 6.92 Å². The number of carbonyl (C=O) groups excluding carboxylic acids is 1. The van der Waals surface area contributed by atoms with E-state index >= 15 is 0 Å². The molecule has 3 rings (SSSR count). The zero-order valence-electron chi connectivity index (χ0n) is 12.7. The number of hydrogen-bond donors (Lipinski definition) is 1. The number of amides is 1. The summed E-state index contributed by atoms with van der Waals surface area (Å²) >= 11 is 0. The first-order chi connectivity index (χ1) is 11.1. The molecule has 0 fully saturated rings. The summed E-state index contributed by atoms with van der Waals surface area (Å²) in [6.07, 6.45) is 2.95. The topological polar surface area (TPSA) is 72.7 Å². The lowest BCUT2D eigenvalue weighted by atomic mass is 10.2. The summed E-state index contributed by atoms with van der Waals surface area (Å²) in [5.74, 6) is 0.110. The van der Waals surface area contributed by atoms with Crippen LogP contribution < -0.4 is 15.6 Å². The number of nitrogens with zero attached hydrogens (tertiary/aromatic N) is 2. The Hall–Kier alpha value is -3.15. The Bertz CT molecular complexity index is 947. The molecule has 0 spiro atoms. The van der Waals surface area contributed by atoms with Gasteiger partial charge in [0.05, 0.1) is 7.11 Å². The van der Waals surface area contributed by atoms with Crippen LogP contribution in [0.15, 0.2) is 53.6 Å². The highest BCUT2D eigenvalue weighted by Gasteiger charge is 2.13. The maximum Gasteiger partial charge on any atom is 0.270 e. The van der Waals surface area contributed by atoms with E-state index in [2.05, 4.69) is 10.3 Å². The van der Waals surface area contributed by atoms with Crippen molar-refractivity contribution in [2.45, 2.75) is 6.92 Å². The molecule has 0 bridgehead atoms. The van der Waals surface area contributed by atoms with Crippen LogP contribution in [0.3, 0.4) is 0 Å². The van der Waals surface area contributed by atoms with E-state index in [1.54, 1.807) is 43.6 Å². The predicted octanol–water partition coefficient (Wildman–Crippen LogP) is 2.26. The zero-order valence-corrected chi connectivity index (χ0v) is 12.7. The molecule has 0 aliphatic heterocycles. The fraction of sp³-hybridized carbons (Fsp3) is 0.118. The third-order valence-electron chi connectivity index (χ3n) is 3.42. The van der Waals surface area contributed by atoms with Gasteiger partial charge < -0.3 is 10.1 Å². The molecule has 6 nitrogen and oxygen atoms in total. The predicted molar refractivity (Wildman–Crippen MR) is 87.1 cm³/mol. The second-order valence-electron chi connectivity index (χ2n) is 5.10. The van der Waals surface area contributed by atoms with Crippen molar-refractivity contribution in [3.05, 3.63) is 70.3 Å². The molecule has 1 amide bonds. The molecular formula is C17H15N3O3. The molecule has 1 aromatic carbocycles. The van der Waals surface area contributed by atoms with Crippen LogP contribution in [0.25, 0.3) is 5.65 Å². The number of carbonyl (C=O) groups is 1. The van der Waals surface area contributed by atoms with Crippen molar-refractivity contribution in [2.24, 2.45) is 0 Å². The van der Waals surface area contributed by atoms with Crippen molar-refractivity contribution in [3.8, 4) is 5.75 Å². The Labute approximate surface area is 132 Å². The Morgan fingerprint density at radius 2 is 2.09 bits per heavy atom. The molecule has 3 aromatic rings. The monoisotopic (exact) mass is 309 g/mol. The lowest BCUT2D eigenvalue weighted by molar-refractivity contribution is 0.102. The van der Waals surface area contributed by atoms with Gasteiger partial charge in [-0.2, -0.15) is 0 Å². The Kier molecular flexibility index (Phi) is 3.80. The fourth-order valence-electron chi connectivity index (χ4n) is 2.24. The number of aromatic nitrogens is 2. The number of aryl methyl sites for hydroxylation is 1. The summed E-state index contributed by atoms with van der Waals surface area (Å²) in [5, 5.41) is 2.68. The highest BCUT2D eigenvalue weighted by molar-refractivity contribution is 6.04. The molecule has 0 unspecified atom stereocenters. The van der Waals surface area contributed by atoms with Gasteiger partial charge in [0.1, 0.15) is 17.0 Å². The second-order valence-corrected chi connectivity index (χ2v) is 5.10. The van der Waals surface area contributed by atoms with Crippen LogP contribution >= 0.6 is 0 Å². The van der Waals surface area contributed by atoms with Crippen LogP contribution in [0.2, 0.25) is 0 Å². The minimum atomic E-state index is -0.508. The largest absolute Gasteiger partial charge is 0.497 e. The first kappa shape index (κ1) is 14.8. The lowest BCUT2D eigenvalue weighted by Gasteiger charge is -2.08. The third kappa shape index (κ3) is 2.91. The van der Waals surface area contributed by atoms with E-state index in [4.69, 9.17) is 4.74 Å². The molecule has 0 radical (unpaired) electrons. The molecule has 2 aromatic heterocycles. The summed E-state index contributed by atoms with van der Waals surface area (Å²) in [4.78, 5) is 29.0. The molecule has 0 saturated carbocycles. The maximum absolute atomic E-state index is 12.5. The molecular weight excluding hydrogens is 294 g/mol. The van der Waals surface area contributed by atoms with Crippen molar-refractivity contribution in [2.75, 3.05) is 12.4 Å². The Morgan fingerprint density at radius 1 is 1.26 bits per heavy atom. The van der Waals surface area contributed by atoms with Gasteiger partial charge in [0.2, 0.25) is 0 Å². The van der Waals surface area contributed by atoms with Crippen LogP contribution in [0.4, 0.5) is 5.69 Å². The van der Waals surface area contributed by atoms with Crippen LogP contribution in [-0.4, -0.2) is 22.4 Å². The molecule has 0 atom stereocenters. The van der Waals surface area contributed by atoms with E-state index in [-0.39, 0.29) is 5.56 Å². The van der Waals surface area contributed by atoms with E-state index in [9.17, 15) is 9.59 Å². The second kappa shape index (κ2) is 5.92. The van der Waals surface area contributed by atoms with Gasteiger partial charge in [0.15, 0.2) is 0 Å². The average molecular weight is 309 g/mol. The van der Waals surface area contributed by atoms with Gasteiger partial charge in [-0.1, -0.05) is 12.1 Å². The van der Waals surface area contributed by atoms with Gasteiger partial charge in [0, 0.05) is 24.1 Å². The summed E-state index contributed by atoms with van der Waals surface area (Å²) < 4.78 is 6.48. The number of fused-ring (bicyclic) bond motifs is 1. The Morgan fingerprint density at radius 3 is 2.87 bits per heavy atom. The summed E-state index contributed by atoms with van der Waals surface area (Å²) in [6, 6.07) is 10.5. The van der Waals surface area contributed by atoms with E-state index in [1.165, 1.54) is 10.6 Å². The van der Waals surface area contributed by atoms with Crippen LogP contribution in [0.5, 0.6) is 5.75 Å². The average Bonchev–Trinajstić information content (AvgIpc) is 2.55. The number of benzene rings is 1. The quantitative estimate of drug-likeness (QED) is 0.805. The van der Waals surface area contributed by atoms with Crippen molar-refractivity contribution in [3.63, 3.8) is 0 Å². The van der Waals surface area contributed by atoms with Gasteiger partial charge in [-0.25, -0.2) is 4.98 Å². The number of rotatable bonds is 3. The van der Waals surface area contributed by atoms with Crippen molar-refractivity contribution in [1.29, 1.82) is 0 Å². The normalized spacial score (nSPS) is 10.5. The highest BCUT2D eigenvalue weighted by Crippen LogP contribution is 2.17. The molecule has 116 valence electrons. The van der Waals surface area contributed by atoms with E-state index in [1.807, 2.05) is 13.0 Å². The van der Waals surface area contributed by atoms with E-state index in [0.29, 0.717) is 17.1 Å². The summed E-state index contributed by atoms with van der Waals surface area (Å²) in [7, 11) is 1.54. The number of nitrogens with one attached hydrogen (secondary N) is 1. The molecule has 0 saturated heterocycles. The highest BCUT2D eigenvalue weighted by atomic mass is 16.5. The van der Waals surface area contributed by atoms with Gasteiger partial charge >= 0.3 is 0 Å². The molecule has 6 heteroatoms. The number of methoxy groups -OCH3 is 1. The molecule has 23 heavy (non-hydrogen) atoms. The molecule has 1 N–H and O–H groups in total. The summed E-state index contributed by atoms with van der Waals surface area (Å²) in [6.45, 7) is 1.87. The lowest BCUT2D eigenvalue weighted by Crippen LogP contribution is -2.26. The number of ether oxygens (including phenoxy) is 1. The Balaban J connectivity index is 1.97. The van der Waals surface area contributed by atoms with Gasteiger partial charge in [0.25, 0.3) is 11.5 Å². The SMILES string of the molecule is COc1cccc(NC(=O)c2cnc3ccc(C)cn3c2=O)c1. The number of pyridine rings is 1. The van der Waals surface area contributed by atoms with E-state index in [0.717, 1.165) is 5.56 Å². The van der Waals surface area contributed by atoms with Crippen molar-refractivity contribution >= 4 is 17.2 Å². The minimum absolute atomic E-state index is 0.0177. The zero-order chi connectivity index (χ0) is 16.4. The summed E-state index contributed by atoms with van der Waals surface area (Å²) in [5.41, 5.74) is 1.53. The van der Waals surface area contributed by atoms with Crippen molar-refractivity contribution in [1.82, 2.24) is 9.38 Å². The molecule has 2 heterocycles. The minimum Gasteiger partial charge on any atom is -0.497 e. The maximum atomic E-state index is 12.5. The van der Waals surface area contributed by atoms with Gasteiger partial charge in [-0.3, -0.25) is 14.0 Å². The molecule has 0 aliphatic carbocycles. The number of anilines is 1. The van der Waals surface area contributed by atoms with Gasteiger partial charge in [-0.15, -0.1) is 0 Å². The first-order valence-electron chi connectivity index (χ1n) is 7.02. The first-order valence-corrected chi connectivity index (χ1v) is 7.02. The number of hydrogen-bond acceptors (Lipinski definition) is 4. The van der Waals surface area contributed by atoms with Crippen LogP contribution in [-0.2, 0) is 0 Å².